The number of carboxylic acid groups (broad SMARTS) is 2. The topological polar surface area (TPSA) is 74.6 Å². The van der Waals surface area contributed by atoms with Gasteiger partial charge in [0.25, 0.3) is 0 Å². The zero-order valence-electron chi connectivity index (χ0n) is 8.06. The highest BCUT2D eigenvalue weighted by Crippen LogP contribution is 2.20. The first kappa shape index (κ1) is 11.6. The number of benzene rings is 1. The molecule has 0 fully saturated rings. The summed E-state index contributed by atoms with van der Waals surface area (Å²) >= 11 is 1.44. The van der Waals surface area contributed by atoms with E-state index in [4.69, 9.17) is 10.2 Å². The molecule has 0 aliphatic heterocycles. The van der Waals surface area contributed by atoms with Gasteiger partial charge in [0.15, 0.2) is 0 Å². The number of aliphatic carboxylic acids is 1. The molecule has 0 radical (unpaired) electrons. The molecule has 0 bridgehead atoms. The Morgan fingerprint density at radius 2 is 2.00 bits per heavy atom. The van der Waals surface area contributed by atoms with Crippen molar-refractivity contribution in [3.63, 3.8) is 0 Å². The summed E-state index contributed by atoms with van der Waals surface area (Å²) in [5.74, 6) is -2.13. The van der Waals surface area contributed by atoms with E-state index in [0.29, 0.717) is 5.56 Å². The number of hydrogen-bond acceptors (Lipinski definition) is 3. The molecule has 4 nitrogen and oxygen atoms in total. The molecule has 0 saturated heterocycles. The molecule has 0 aliphatic rings. The summed E-state index contributed by atoms with van der Waals surface area (Å²) in [4.78, 5) is 22.2. The highest BCUT2D eigenvalue weighted by molar-refractivity contribution is 7.98. The Bertz CT molecular complexity index is 400. The first-order chi connectivity index (χ1) is 7.04. The van der Waals surface area contributed by atoms with Crippen LogP contribution in [0, 0.1) is 0 Å². The van der Waals surface area contributed by atoms with E-state index in [2.05, 4.69) is 0 Å². The number of carboxylic acids is 2. The van der Waals surface area contributed by atoms with E-state index in [9.17, 15) is 9.59 Å². The minimum Gasteiger partial charge on any atom is -0.481 e. The van der Waals surface area contributed by atoms with E-state index < -0.39 is 11.9 Å². The second-order valence-electron chi connectivity index (χ2n) is 2.90. The fourth-order valence-corrected chi connectivity index (χ4v) is 1.68. The molecule has 5 heteroatoms. The molecule has 0 atom stereocenters. The summed E-state index contributed by atoms with van der Waals surface area (Å²) in [6.45, 7) is 0. The lowest BCUT2D eigenvalue weighted by atomic mass is 10.1. The second-order valence-corrected chi connectivity index (χ2v) is 3.78. The summed E-state index contributed by atoms with van der Waals surface area (Å²) in [5.41, 5.74) is 0.386. The average Bonchev–Trinajstić information content (AvgIpc) is 2.16. The summed E-state index contributed by atoms with van der Waals surface area (Å²) in [6.07, 6.45) is 1.58. The lowest BCUT2D eigenvalue weighted by molar-refractivity contribution is -0.136. The fraction of sp³-hybridized carbons (Fsp3) is 0.200. The van der Waals surface area contributed by atoms with E-state index in [-0.39, 0.29) is 12.0 Å². The van der Waals surface area contributed by atoms with Crippen LogP contribution in [-0.4, -0.2) is 28.4 Å². The zero-order valence-corrected chi connectivity index (χ0v) is 8.87. The third-order valence-corrected chi connectivity index (χ3v) is 2.61. The number of hydrogen-bond donors (Lipinski definition) is 2. The molecule has 0 aromatic heterocycles. The van der Waals surface area contributed by atoms with Gasteiger partial charge in [-0.1, -0.05) is 0 Å². The molecular weight excluding hydrogens is 216 g/mol. The first-order valence-electron chi connectivity index (χ1n) is 4.16. The molecule has 0 aliphatic carbocycles. The van der Waals surface area contributed by atoms with Gasteiger partial charge >= 0.3 is 11.9 Å². The van der Waals surface area contributed by atoms with Crippen LogP contribution in [0.25, 0.3) is 0 Å². The van der Waals surface area contributed by atoms with Crippen molar-refractivity contribution in [3.05, 3.63) is 29.3 Å². The van der Waals surface area contributed by atoms with Crippen LogP contribution in [0.4, 0.5) is 0 Å². The average molecular weight is 226 g/mol. The predicted octanol–water partition coefficient (Wildman–Crippen LogP) is 1.73. The quantitative estimate of drug-likeness (QED) is 0.765. The van der Waals surface area contributed by atoms with Crippen LogP contribution in [0.1, 0.15) is 15.9 Å². The van der Waals surface area contributed by atoms with Gasteiger partial charge < -0.3 is 10.2 Å². The molecule has 80 valence electrons. The molecule has 1 aromatic carbocycles. The van der Waals surface area contributed by atoms with Crippen molar-refractivity contribution < 1.29 is 19.8 Å². The van der Waals surface area contributed by atoms with Crippen molar-refractivity contribution in [2.24, 2.45) is 0 Å². The monoisotopic (exact) mass is 226 g/mol. The molecule has 2 N–H and O–H groups in total. The molecule has 0 amide bonds. The van der Waals surface area contributed by atoms with Crippen LogP contribution in [0.2, 0.25) is 0 Å². The standard InChI is InChI=1S/C10H10O4S/c1-15-7-2-3-8(10(13)14)6(4-7)5-9(11)12/h2-4H,5H2,1H3,(H,11,12)(H,13,14). The van der Waals surface area contributed by atoms with E-state index in [1.165, 1.54) is 17.8 Å². The lowest BCUT2D eigenvalue weighted by Gasteiger charge is -2.05. The van der Waals surface area contributed by atoms with Gasteiger partial charge in [-0.25, -0.2) is 4.79 Å². The smallest absolute Gasteiger partial charge is 0.335 e. The van der Waals surface area contributed by atoms with Gasteiger partial charge in [0.05, 0.1) is 12.0 Å². The Morgan fingerprint density at radius 1 is 1.33 bits per heavy atom. The Morgan fingerprint density at radius 3 is 2.47 bits per heavy atom. The van der Waals surface area contributed by atoms with E-state index in [0.717, 1.165) is 4.90 Å². The molecule has 0 saturated carbocycles. The molecule has 1 rings (SSSR count). The predicted molar refractivity (Wildman–Crippen MR) is 56.5 cm³/mol. The molecule has 15 heavy (non-hydrogen) atoms. The molecular formula is C10H10O4S. The minimum atomic E-state index is -1.10. The second kappa shape index (κ2) is 4.84. The van der Waals surface area contributed by atoms with E-state index in [1.54, 1.807) is 12.1 Å². The van der Waals surface area contributed by atoms with Crippen LogP contribution < -0.4 is 0 Å². The number of rotatable bonds is 4. The Labute approximate surface area is 90.9 Å². The van der Waals surface area contributed by atoms with Crippen molar-refractivity contribution in [3.8, 4) is 0 Å². The van der Waals surface area contributed by atoms with Crippen LogP contribution >= 0.6 is 11.8 Å². The summed E-state index contributed by atoms with van der Waals surface area (Å²) in [5, 5.41) is 17.5. The van der Waals surface area contributed by atoms with Crippen LogP contribution in [0.15, 0.2) is 23.1 Å². The number of thioether (sulfide) groups is 1. The highest BCUT2D eigenvalue weighted by atomic mass is 32.2. The van der Waals surface area contributed by atoms with Crippen LogP contribution in [-0.2, 0) is 11.2 Å². The third-order valence-electron chi connectivity index (χ3n) is 1.88. The van der Waals surface area contributed by atoms with E-state index in [1.807, 2.05) is 6.26 Å². The molecule has 1 aromatic rings. The molecule has 0 unspecified atom stereocenters. The van der Waals surface area contributed by atoms with Gasteiger partial charge in [-0.05, 0) is 30.0 Å². The van der Waals surface area contributed by atoms with Crippen molar-refractivity contribution in [1.82, 2.24) is 0 Å². The van der Waals surface area contributed by atoms with Gasteiger partial charge in [-0.3, -0.25) is 4.79 Å². The maximum Gasteiger partial charge on any atom is 0.335 e. The lowest BCUT2D eigenvalue weighted by Crippen LogP contribution is -2.07. The van der Waals surface area contributed by atoms with Gasteiger partial charge in [0.2, 0.25) is 0 Å². The van der Waals surface area contributed by atoms with Gasteiger partial charge in [0, 0.05) is 4.90 Å². The number of aromatic carboxylic acids is 1. The Balaban J connectivity index is 3.16. The zero-order chi connectivity index (χ0) is 11.4. The Kier molecular flexibility index (Phi) is 3.74. The van der Waals surface area contributed by atoms with Crippen LogP contribution in [0.3, 0.4) is 0 Å². The summed E-state index contributed by atoms with van der Waals surface area (Å²) in [6, 6.07) is 4.70. The van der Waals surface area contributed by atoms with Gasteiger partial charge in [-0.15, -0.1) is 11.8 Å². The van der Waals surface area contributed by atoms with Crippen molar-refractivity contribution in [1.29, 1.82) is 0 Å². The molecule has 0 spiro atoms. The Hall–Kier alpha value is -1.49. The summed E-state index contributed by atoms with van der Waals surface area (Å²) < 4.78 is 0. The van der Waals surface area contributed by atoms with Gasteiger partial charge in [-0.2, -0.15) is 0 Å². The molecule has 0 heterocycles. The maximum absolute atomic E-state index is 10.8. The minimum absolute atomic E-state index is 0.0511. The van der Waals surface area contributed by atoms with Crippen molar-refractivity contribution in [2.45, 2.75) is 11.3 Å². The first-order valence-corrected chi connectivity index (χ1v) is 5.39. The normalized spacial score (nSPS) is 9.93. The maximum atomic E-state index is 10.8. The largest absolute Gasteiger partial charge is 0.481 e. The highest BCUT2D eigenvalue weighted by Gasteiger charge is 2.12. The van der Waals surface area contributed by atoms with E-state index >= 15 is 0 Å². The number of carbonyl (C=O) groups is 2. The summed E-state index contributed by atoms with van der Waals surface area (Å²) in [7, 11) is 0. The fourth-order valence-electron chi connectivity index (χ4n) is 1.21. The van der Waals surface area contributed by atoms with Crippen molar-refractivity contribution >= 4 is 23.7 Å². The third kappa shape index (κ3) is 2.99. The van der Waals surface area contributed by atoms with Gasteiger partial charge in [0.1, 0.15) is 0 Å². The SMILES string of the molecule is CSc1ccc(C(=O)O)c(CC(=O)O)c1. The van der Waals surface area contributed by atoms with Crippen LogP contribution in [0.5, 0.6) is 0 Å². The van der Waals surface area contributed by atoms with Crippen molar-refractivity contribution in [2.75, 3.05) is 6.26 Å².